The lowest BCUT2D eigenvalue weighted by atomic mass is 10.0. The van der Waals surface area contributed by atoms with Crippen LogP contribution in [-0.4, -0.2) is 57.9 Å². The molecule has 5 heteroatoms. The van der Waals surface area contributed by atoms with Gasteiger partial charge in [0, 0.05) is 24.2 Å². The second-order valence-electron chi connectivity index (χ2n) is 7.50. The van der Waals surface area contributed by atoms with Crippen molar-refractivity contribution < 1.29 is 4.79 Å². The zero-order chi connectivity index (χ0) is 17.6. The van der Waals surface area contributed by atoms with Gasteiger partial charge in [-0.25, -0.2) is 9.97 Å². The summed E-state index contributed by atoms with van der Waals surface area (Å²) in [7, 11) is 2.19. The number of fused-ring (bicyclic) bond motifs is 1. The number of hydrogen-bond acceptors (Lipinski definition) is 4. The number of aromatic nitrogens is 2. The number of carbonyl (C=O) groups excluding carboxylic acids is 1. The predicted molar refractivity (Wildman–Crippen MR) is 98.7 cm³/mol. The van der Waals surface area contributed by atoms with Crippen LogP contribution in [0.3, 0.4) is 0 Å². The second-order valence-corrected chi connectivity index (χ2v) is 7.50. The van der Waals surface area contributed by atoms with Crippen molar-refractivity contribution in [3.63, 3.8) is 0 Å². The number of hydrogen-bond donors (Lipinski definition) is 0. The van der Waals surface area contributed by atoms with Crippen LogP contribution in [0.4, 0.5) is 0 Å². The molecule has 132 valence electrons. The maximum Gasteiger partial charge on any atom is 0.254 e. The molecule has 1 amide bonds. The number of carbonyl (C=O) groups is 1. The summed E-state index contributed by atoms with van der Waals surface area (Å²) >= 11 is 0. The molecule has 0 unspecified atom stereocenters. The molecule has 0 N–H and O–H groups in total. The smallest absolute Gasteiger partial charge is 0.254 e. The maximum absolute atomic E-state index is 13.2. The average molecular weight is 338 g/mol. The zero-order valence-corrected chi connectivity index (χ0v) is 15.3. The van der Waals surface area contributed by atoms with Crippen LogP contribution < -0.4 is 0 Å². The van der Waals surface area contributed by atoms with E-state index in [4.69, 9.17) is 0 Å². The Morgan fingerprint density at radius 2 is 1.68 bits per heavy atom. The molecule has 2 atom stereocenters. The summed E-state index contributed by atoms with van der Waals surface area (Å²) in [5.41, 5.74) is 4.26. The monoisotopic (exact) mass is 338 g/mol. The van der Waals surface area contributed by atoms with Gasteiger partial charge in [-0.15, -0.1) is 0 Å². The van der Waals surface area contributed by atoms with Crippen LogP contribution in [0.2, 0.25) is 0 Å². The Morgan fingerprint density at radius 3 is 2.40 bits per heavy atom. The third-order valence-corrected chi connectivity index (χ3v) is 5.90. The highest BCUT2D eigenvalue weighted by Gasteiger charge is 2.38. The topological polar surface area (TPSA) is 49.3 Å². The average Bonchev–Trinajstić information content (AvgIpc) is 3.23. The Labute approximate surface area is 149 Å². The zero-order valence-electron chi connectivity index (χ0n) is 15.3. The van der Waals surface area contributed by atoms with Crippen LogP contribution >= 0.6 is 0 Å². The predicted octanol–water partition coefficient (Wildman–Crippen LogP) is 2.95. The lowest BCUT2D eigenvalue weighted by Gasteiger charge is -2.33. The van der Waals surface area contributed by atoms with Crippen LogP contribution in [-0.2, 0) is 0 Å². The fraction of sp³-hybridized carbons (Fsp3) is 0.550. The normalized spacial score (nSPS) is 24.4. The van der Waals surface area contributed by atoms with Crippen molar-refractivity contribution in [1.29, 1.82) is 0 Å². The Bertz CT molecular complexity index is 819. The van der Waals surface area contributed by atoms with E-state index in [1.54, 1.807) is 0 Å². The van der Waals surface area contributed by atoms with Crippen molar-refractivity contribution in [2.75, 3.05) is 20.1 Å². The molecule has 0 bridgehead atoms. The van der Waals surface area contributed by atoms with E-state index in [-0.39, 0.29) is 5.91 Å². The quantitative estimate of drug-likeness (QED) is 0.845. The molecule has 2 aliphatic heterocycles. The van der Waals surface area contributed by atoms with Crippen LogP contribution in [0.1, 0.15) is 47.4 Å². The number of rotatable bonds is 2. The molecule has 4 rings (SSSR count). The van der Waals surface area contributed by atoms with Crippen molar-refractivity contribution in [3.05, 3.63) is 35.2 Å². The van der Waals surface area contributed by atoms with E-state index >= 15 is 0 Å². The fourth-order valence-electron chi connectivity index (χ4n) is 4.40. The van der Waals surface area contributed by atoms with Gasteiger partial charge in [0.05, 0.1) is 22.4 Å². The third-order valence-electron chi connectivity index (χ3n) is 5.90. The van der Waals surface area contributed by atoms with E-state index in [2.05, 4.69) is 26.8 Å². The van der Waals surface area contributed by atoms with Crippen molar-refractivity contribution in [1.82, 2.24) is 19.8 Å². The maximum atomic E-state index is 13.2. The van der Waals surface area contributed by atoms with Gasteiger partial charge in [-0.3, -0.25) is 4.79 Å². The lowest BCUT2D eigenvalue weighted by Crippen LogP contribution is -2.47. The number of nitrogens with zero attached hydrogens (tertiary/aromatic N) is 4. The van der Waals surface area contributed by atoms with Crippen LogP contribution in [0.15, 0.2) is 18.2 Å². The summed E-state index contributed by atoms with van der Waals surface area (Å²) in [6.45, 7) is 5.94. The van der Waals surface area contributed by atoms with E-state index in [1.165, 1.54) is 12.8 Å². The molecule has 2 aliphatic rings. The largest absolute Gasteiger partial charge is 0.334 e. The summed E-state index contributed by atoms with van der Waals surface area (Å²) in [5, 5.41) is 0. The molecule has 3 heterocycles. The molecular formula is C20H26N4O. The molecule has 0 radical (unpaired) electrons. The molecular weight excluding hydrogens is 312 g/mol. The highest BCUT2D eigenvalue weighted by atomic mass is 16.2. The standard InChI is InChI=1S/C20H26N4O/c1-13-14(2)22-17-12-15(8-9-16(17)21-13)20(25)24-11-5-7-19(24)18-6-4-10-23(18)3/h8-9,12,18-19H,4-7,10-11H2,1-3H3/t18-,19-/m0/s1. The molecule has 1 aromatic carbocycles. The van der Waals surface area contributed by atoms with Crippen molar-refractivity contribution in [2.45, 2.75) is 51.6 Å². The SMILES string of the molecule is Cc1nc2ccc(C(=O)N3CCC[C@H]3[C@@H]3CCCN3C)cc2nc1C. The van der Waals surface area contributed by atoms with Gasteiger partial charge < -0.3 is 9.80 Å². The first kappa shape index (κ1) is 16.5. The Balaban J connectivity index is 1.63. The van der Waals surface area contributed by atoms with E-state index in [9.17, 15) is 4.79 Å². The van der Waals surface area contributed by atoms with Gasteiger partial charge in [-0.05, 0) is 71.3 Å². The van der Waals surface area contributed by atoms with Crippen LogP contribution in [0.25, 0.3) is 11.0 Å². The second kappa shape index (κ2) is 6.37. The fourth-order valence-corrected chi connectivity index (χ4v) is 4.40. The van der Waals surface area contributed by atoms with Crippen molar-refractivity contribution in [3.8, 4) is 0 Å². The minimum atomic E-state index is 0.143. The summed E-state index contributed by atoms with van der Waals surface area (Å²) in [6.07, 6.45) is 4.66. The van der Waals surface area contributed by atoms with Crippen molar-refractivity contribution >= 4 is 16.9 Å². The Morgan fingerprint density at radius 1 is 1.00 bits per heavy atom. The summed E-state index contributed by atoms with van der Waals surface area (Å²) in [4.78, 5) is 26.9. The summed E-state index contributed by atoms with van der Waals surface area (Å²) < 4.78 is 0. The molecule has 5 nitrogen and oxygen atoms in total. The number of benzene rings is 1. The molecule has 2 aromatic rings. The molecule has 0 spiro atoms. The molecule has 2 fully saturated rings. The highest BCUT2D eigenvalue weighted by Crippen LogP contribution is 2.30. The van der Waals surface area contributed by atoms with E-state index in [0.717, 1.165) is 53.9 Å². The minimum absolute atomic E-state index is 0.143. The molecule has 0 aliphatic carbocycles. The molecule has 1 aromatic heterocycles. The number of amides is 1. The molecule has 25 heavy (non-hydrogen) atoms. The molecule has 2 saturated heterocycles. The van der Waals surface area contributed by atoms with E-state index in [0.29, 0.717) is 12.1 Å². The van der Waals surface area contributed by atoms with Gasteiger partial charge in [0.1, 0.15) is 0 Å². The van der Waals surface area contributed by atoms with E-state index in [1.807, 2.05) is 32.0 Å². The summed E-state index contributed by atoms with van der Waals surface area (Å²) in [5.74, 6) is 0.143. The number of aryl methyl sites for hydroxylation is 2. The number of likely N-dealkylation sites (N-methyl/N-ethyl adjacent to an activating group) is 1. The summed E-state index contributed by atoms with van der Waals surface area (Å²) in [6, 6.07) is 6.60. The Hall–Kier alpha value is -2.01. The van der Waals surface area contributed by atoms with E-state index < -0.39 is 0 Å². The van der Waals surface area contributed by atoms with Gasteiger partial charge >= 0.3 is 0 Å². The van der Waals surface area contributed by atoms with Gasteiger partial charge in [0.25, 0.3) is 5.91 Å². The first-order valence-electron chi connectivity index (χ1n) is 9.31. The van der Waals surface area contributed by atoms with Gasteiger partial charge in [-0.1, -0.05) is 0 Å². The first-order chi connectivity index (χ1) is 12.0. The molecule has 0 saturated carbocycles. The van der Waals surface area contributed by atoms with Gasteiger partial charge in [0.15, 0.2) is 0 Å². The lowest BCUT2D eigenvalue weighted by molar-refractivity contribution is 0.0664. The van der Waals surface area contributed by atoms with Crippen LogP contribution in [0.5, 0.6) is 0 Å². The Kier molecular flexibility index (Phi) is 4.20. The highest BCUT2D eigenvalue weighted by molar-refractivity contribution is 5.97. The van der Waals surface area contributed by atoms with Crippen molar-refractivity contribution in [2.24, 2.45) is 0 Å². The third kappa shape index (κ3) is 2.91. The van der Waals surface area contributed by atoms with Crippen LogP contribution in [0, 0.1) is 13.8 Å². The van der Waals surface area contributed by atoms with Gasteiger partial charge in [-0.2, -0.15) is 0 Å². The minimum Gasteiger partial charge on any atom is -0.334 e. The number of likely N-dealkylation sites (tertiary alicyclic amines) is 2. The first-order valence-corrected chi connectivity index (χ1v) is 9.31. The van der Waals surface area contributed by atoms with Gasteiger partial charge in [0.2, 0.25) is 0 Å².